The maximum Gasteiger partial charge on any atom is 0.273 e. The van der Waals surface area contributed by atoms with Gasteiger partial charge in [0, 0.05) is 11.6 Å². The van der Waals surface area contributed by atoms with Gasteiger partial charge in [0.1, 0.15) is 0 Å². The van der Waals surface area contributed by atoms with Crippen molar-refractivity contribution in [3.63, 3.8) is 0 Å². The number of nitro groups is 1. The number of para-hydroxylation sites is 1. The second-order valence-corrected chi connectivity index (χ2v) is 7.39. The molecule has 0 aliphatic rings. The van der Waals surface area contributed by atoms with Gasteiger partial charge in [0.25, 0.3) is 5.69 Å². The van der Waals surface area contributed by atoms with Gasteiger partial charge in [-0.2, -0.15) is 5.10 Å². The van der Waals surface area contributed by atoms with Crippen molar-refractivity contribution in [2.75, 3.05) is 7.11 Å². The molecule has 0 bridgehead atoms. The van der Waals surface area contributed by atoms with Crippen LogP contribution in [-0.4, -0.2) is 30.3 Å². The number of nitro benzene ring substituents is 1. The van der Waals surface area contributed by atoms with Crippen molar-refractivity contribution in [2.45, 2.75) is 32.8 Å². The molecule has 0 aliphatic heterocycles. The fraction of sp³-hybridized carbons (Fsp3) is 0.300. The van der Waals surface area contributed by atoms with Crippen molar-refractivity contribution in [3.8, 4) is 11.5 Å². The van der Waals surface area contributed by atoms with Gasteiger partial charge in [0.15, 0.2) is 11.5 Å². The summed E-state index contributed by atoms with van der Waals surface area (Å²) in [6.07, 6.45) is 2.26. The molecule has 0 aliphatic carbocycles. The Morgan fingerprint density at radius 2 is 2.10 bits per heavy atom. The molecule has 2 aromatic rings. The van der Waals surface area contributed by atoms with E-state index in [1.165, 1.54) is 12.3 Å². The third kappa shape index (κ3) is 6.41. The summed E-state index contributed by atoms with van der Waals surface area (Å²) in [5, 5.41) is 15.0. The number of ether oxygens (including phenoxy) is 2. The van der Waals surface area contributed by atoms with E-state index in [0.717, 1.165) is 9.99 Å². The molecule has 0 heterocycles. The highest BCUT2D eigenvalue weighted by Gasteiger charge is 2.16. The smallest absolute Gasteiger partial charge is 0.273 e. The first-order valence-corrected chi connectivity index (χ1v) is 10.0. The summed E-state index contributed by atoms with van der Waals surface area (Å²) in [4.78, 5) is 22.6. The minimum absolute atomic E-state index is 0.0539. The summed E-state index contributed by atoms with van der Waals surface area (Å²) in [5.41, 5.74) is 3.34. The van der Waals surface area contributed by atoms with Crippen LogP contribution in [0.4, 0.5) is 5.69 Å². The van der Waals surface area contributed by atoms with Crippen LogP contribution >= 0.6 is 22.6 Å². The molecule has 8 nitrogen and oxygen atoms in total. The van der Waals surface area contributed by atoms with Gasteiger partial charge in [0.05, 0.1) is 34.3 Å². The van der Waals surface area contributed by atoms with Crippen LogP contribution in [0.5, 0.6) is 11.5 Å². The van der Waals surface area contributed by atoms with E-state index >= 15 is 0 Å². The molecule has 29 heavy (non-hydrogen) atoms. The summed E-state index contributed by atoms with van der Waals surface area (Å²) < 4.78 is 12.2. The molecule has 154 valence electrons. The Hall–Kier alpha value is -2.69. The standard InChI is InChI=1S/C20H22IN3O5/c1-4-13(2)29-20-16(21)9-14(10-18(20)28-3)12-22-23-19(25)11-15-7-5-6-8-17(15)24(26)27/h5-10,12-13H,4,11H2,1-3H3,(H,23,25)/b22-12+/t13-/m0/s1. The first-order valence-electron chi connectivity index (χ1n) is 8.94. The zero-order valence-corrected chi connectivity index (χ0v) is 18.5. The first-order chi connectivity index (χ1) is 13.8. The lowest BCUT2D eigenvalue weighted by atomic mass is 10.1. The maximum atomic E-state index is 12.1. The van der Waals surface area contributed by atoms with Crippen molar-refractivity contribution in [3.05, 3.63) is 61.2 Å². The van der Waals surface area contributed by atoms with Crippen LogP contribution in [0.15, 0.2) is 41.5 Å². The molecule has 0 unspecified atom stereocenters. The second kappa shape index (κ2) is 10.7. The molecular weight excluding hydrogens is 489 g/mol. The average Bonchev–Trinajstić information content (AvgIpc) is 2.69. The Balaban J connectivity index is 2.07. The van der Waals surface area contributed by atoms with Gasteiger partial charge in [0.2, 0.25) is 5.91 Å². The molecule has 0 saturated carbocycles. The van der Waals surface area contributed by atoms with Gasteiger partial charge in [-0.1, -0.05) is 25.1 Å². The number of halogens is 1. The number of hydrogen-bond donors (Lipinski definition) is 1. The Bertz CT molecular complexity index is 917. The fourth-order valence-electron chi connectivity index (χ4n) is 2.44. The number of nitrogens with zero attached hydrogens (tertiary/aromatic N) is 2. The van der Waals surface area contributed by atoms with E-state index in [-0.39, 0.29) is 18.2 Å². The lowest BCUT2D eigenvalue weighted by Gasteiger charge is -2.17. The van der Waals surface area contributed by atoms with E-state index < -0.39 is 10.8 Å². The molecule has 0 fully saturated rings. The topological polar surface area (TPSA) is 103 Å². The van der Waals surface area contributed by atoms with Gasteiger partial charge >= 0.3 is 0 Å². The molecule has 0 saturated heterocycles. The highest BCUT2D eigenvalue weighted by atomic mass is 127. The van der Waals surface area contributed by atoms with E-state index in [1.54, 1.807) is 31.4 Å². The van der Waals surface area contributed by atoms with Gasteiger partial charge in [-0.25, -0.2) is 5.43 Å². The molecule has 0 radical (unpaired) electrons. The minimum Gasteiger partial charge on any atom is -0.493 e. The third-order valence-corrected chi connectivity index (χ3v) is 4.89. The van der Waals surface area contributed by atoms with E-state index in [0.29, 0.717) is 22.6 Å². The number of carbonyl (C=O) groups excluding carboxylic acids is 1. The van der Waals surface area contributed by atoms with Crippen LogP contribution in [0.3, 0.4) is 0 Å². The van der Waals surface area contributed by atoms with Gasteiger partial charge < -0.3 is 9.47 Å². The van der Waals surface area contributed by atoms with E-state index in [4.69, 9.17) is 9.47 Å². The van der Waals surface area contributed by atoms with Crippen LogP contribution in [0.2, 0.25) is 0 Å². The predicted octanol–water partition coefficient (Wildman–Crippen LogP) is 4.08. The lowest BCUT2D eigenvalue weighted by Crippen LogP contribution is -2.20. The zero-order chi connectivity index (χ0) is 21.4. The molecular formula is C20H22IN3O5. The van der Waals surface area contributed by atoms with Crippen molar-refractivity contribution in [1.82, 2.24) is 5.43 Å². The van der Waals surface area contributed by atoms with Crippen LogP contribution < -0.4 is 14.9 Å². The molecule has 0 aromatic heterocycles. The number of methoxy groups -OCH3 is 1. The van der Waals surface area contributed by atoms with Crippen molar-refractivity contribution >= 4 is 40.4 Å². The Kier molecular flexibility index (Phi) is 8.37. The summed E-state index contributed by atoms with van der Waals surface area (Å²) in [6, 6.07) is 9.74. The quantitative estimate of drug-likeness (QED) is 0.237. The van der Waals surface area contributed by atoms with Crippen LogP contribution in [0, 0.1) is 13.7 Å². The molecule has 1 N–H and O–H groups in total. The summed E-state index contributed by atoms with van der Waals surface area (Å²) in [6.45, 7) is 4.02. The van der Waals surface area contributed by atoms with Crippen molar-refractivity contribution < 1.29 is 19.2 Å². The second-order valence-electron chi connectivity index (χ2n) is 6.23. The Morgan fingerprint density at radius 1 is 1.38 bits per heavy atom. The van der Waals surface area contributed by atoms with Gasteiger partial charge in [-0.15, -0.1) is 0 Å². The SMILES string of the molecule is CC[C@H](C)Oc1c(I)cc(/C=N/NC(=O)Cc2ccccc2[N+](=O)[O-])cc1OC. The van der Waals surface area contributed by atoms with E-state index in [2.05, 4.69) is 33.1 Å². The normalized spacial score (nSPS) is 11.9. The number of benzene rings is 2. The number of rotatable bonds is 9. The van der Waals surface area contributed by atoms with Crippen molar-refractivity contribution in [2.24, 2.45) is 5.10 Å². The first kappa shape index (κ1) is 22.6. The summed E-state index contributed by atoms with van der Waals surface area (Å²) in [7, 11) is 1.56. The van der Waals surface area contributed by atoms with Gasteiger partial charge in [-0.3, -0.25) is 14.9 Å². The van der Waals surface area contributed by atoms with Crippen molar-refractivity contribution in [1.29, 1.82) is 0 Å². The van der Waals surface area contributed by atoms with Crippen LogP contribution in [-0.2, 0) is 11.2 Å². The number of amides is 1. The lowest BCUT2D eigenvalue weighted by molar-refractivity contribution is -0.385. The molecule has 1 atom stereocenters. The Labute approximate surface area is 182 Å². The fourth-order valence-corrected chi connectivity index (χ4v) is 3.20. The minimum atomic E-state index is -0.511. The summed E-state index contributed by atoms with van der Waals surface area (Å²) >= 11 is 2.16. The highest BCUT2D eigenvalue weighted by Crippen LogP contribution is 2.34. The van der Waals surface area contributed by atoms with Crippen LogP contribution in [0.1, 0.15) is 31.4 Å². The summed E-state index contributed by atoms with van der Waals surface area (Å²) in [5.74, 6) is 0.791. The molecule has 0 spiro atoms. The maximum absolute atomic E-state index is 12.1. The number of carbonyl (C=O) groups is 1. The third-order valence-electron chi connectivity index (χ3n) is 4.09. The number of nitrogens with one attached hydrogen (secondary N) is 1. The molecule has 1 amide bonds. The van der Waals surface area contributed by atoms with Gasteiger partial charge in [-0.05, 0) is 53.6 Å². The molecule has 9 heteroatoms. The highest BCUT2D eigenvalue weighted by molar-refractivity contribution is 14.1. The average molecular weight is 511 g/mol. The Morgan fingerprint density at radius 3 is 2.76 bits per heavy atom. The van der Waals surface area contributed by atoms with Crippen LogP contribution in [0.25, 0.3) is 0 Å². The largest absolute Gasteiger partial charge is 0.493 e. The van der Waals surface area contributed by atoms with E-state index in [9.17, 15) is 14.9 Å². The number of hydrogen-bond acceptors (Lipinski definition) is 6. The van der Waals surface area contributed by atoms with E-state index in [1.807, 2.05) is 19.9 Å². The monoisotopic (exact) mass is 511 g/mol. The molecule has 2 rings (SSSR count). The zero-order valence-electron chi connectivity index (χ0n) is 16.3. The predicted molar refractivity (Wildman–Crippen MR) is 119 cm³/mol. The molecule has 2 aromatic carbocycles. The number of hydrazone groups is 1.